The van der Waals surface area contributed by atoms with Gasteiger partial charge in [-0.05, 0) is 30.4 Å². The minimum Gasteiger partial charge on any atom is -0.326 e. The molecule has 114 valence electrons. The predicted molar refractivity (Wildman–Crippen MR) is 83.9 cm³/mol. The van der Waals surface area contributed by atoms with E-state index >= 15 is 0 Å². The number of halogens is 1. The van der Waals surface area contributed by atoms with Gasteiger partial charge >= 0.3 is 0 Å². The van der Waals surface area contributed by atoms with Crippen molar-refractivity contribution >= 4 is 0 Å². The van der Waals surface area contributed by atoms with Gasteiger partial charge in [0.1, 0.15) is 5.82 Å². The van der Waals surface area contributed by atoms with Gasteiger partial charge in [0.15, 0.2) is 0 Å². The highest BCUT2D eigenvalue weighted by molar-refractivity contribution is 5.25. The first-order valence-corrected chi connectivity index (χ1v) is 7.73. The topological polar surface area (TPSA) is 29.3 Å². The lowest BCUT2D eigenvalue weighted by Crippen LogP contribution is -2.37. The lowest BCUT2D eigenvalue weighted by molar-refractivity contribution is 0.155. The molecule has 1 rings (SSSR count). The zero-order valence-electron chi connectivity index (χ0n) is 13.3. The molecule has 0 fully saturated rings. The van der Waals surface area contributed by atoms with Crippen molar-refractivity contribution in [2.24, 2.45) is 11.7 Å². The van der Waals surface area contributed by atoms with Crippen molar-refractivity contribution in [1.29, 1.82) is 0 Å². The molecule has 0 aromatic heterocycles. The van der Waals surface area contributed by atoms with Crippen molar-refractivity contribution in [2.45, 2.75) is 59.7 Å². The van der Waals surface area contributed by atoms with E-state index in [9.17, 15) is 4.39 Å². The molecular formula is C17H29FN2. The van der Waals surface area contributed by atoms with Gasteiger partial charge in [-0.25, -0.2) is 4.39 Å². The van der Waals surface area contributed by atoms with Crippen molar-refractivity contribution in [3.05, 3.63) is 35.1 Å². The van der Waals surface area contributed by atoms with E-state index in [1.165, 1.54) is 6.07 Å². The Morgan fingerprint density at radius 1 is 1.20 bits per heavy atom. The molecular weight excluding hydrogens is 251 g/mol. The highest BCUT2D eigenvalue weighted by Crippen LogP contribution is 2.18. The molecule has 0 saturated carbocycles. The summed E-state index contributed by atoms with van der Waals surface area (Å²) >= 11 is 0. The van der Waals surface area contributed by atoms with E-state index in [-0.39, 0.29) is 5.82 Å². The molecule has 1 aromatic rings. The van der Waals surface area contributed by atoms with Crippen molar-refractivity contribution in [3.63, 3.8) is 0 Å². The third-order valence-electron chi connectivity index (χ3n) is 3.78. The molecule has 0 bridgehead atoms. The van der Waals surface area contributed by atoms with Gasteiger partial charge in [-0.15, -0.1) is 0 Å². The number of benzene rings is 1. The number of hydrogen-bond acceptors (Lipinski definition) is 2. The van der Waals surface area contributed by atoms with E-state index < -0.39 is 0 Å². The predicted octanol–water partition coefficient (Wildman–Crippen LogP) is 3.93. The average Bonchev–Trinajstić information content (AvgIpc) is 2.41. The molecule has 0 aliphatic carbocycles. The molecule has 0 saturated heterocycles. The Labute approximate surface area is 123 Å². The number of rotatable bonds is 8. The molecule has 2 N–H and O–H groups in total. The van der Waals surface area contributed by atoms with Crippen LogP contribution < -0.4 is 5.73 Å². The van der Waals surface area contributed by atoms with Gasteiger partial charge in [-0.2, -0.15) is 0 Å². The molecule has 0 radical (unpaired) electrons. The minimum atomic E-state index is -0.123. The second-order valence-corrected chi connectivity index (χ2v) is 5.92. The van der Waals surface area contributed by atoms with E-state index in [0.717, 1.165) is 30.5 Å². The second kappa shape index (κ2) is 8.38. The van der Waals surface area contributed by atoms with Crippen LogP contribution >= 0.6 is 0 Å². The zero-order valence-corrected chi connectivity index (χ0v) is 13.3. The average molecular weight is 280 g/mol. The molecule has 3 heteroatoms. The van der Waals surface area contributed by atoms with Gasteiger partial charge in [-0.1, -0.05) is 39.8 Å². The number of hydrogen-bond donors (Lipinski definition) is 1. The van der Waals surface area contributed by atoms with Crippen molar-refractivity contribution in [2.75, 3.05) is 6.54 Å². The quantitative estimate of drug-likeness (QED) is 0.781. The molecule has 0 unspecified atom stereocenters. The molecule has 0 aliphatic heterocycles. The molecule has 0 amide bonds. The third kappa shape index (κ3) is 4.88. The maximum Gasteiger partial charge on any atom is 0.127 e. The summed E-state index contributed by atoms with van der Waals surface area (Å²) in [5.74, 6) is 0.457. The zero-order chi connectivity index (χ0) is 15.1. The molecule has 0 heterocycles. The van der Waals surface area contributed by atoms with Crippen LogP contribution in [-0.2, 0) is 13.1 Å². The molecule has 0 aliphatic rings. The summed E-state index contributed by atoms with van der Waals surface area (Å²) in [5, 5.41) is 0. The van der Waals surface area contributed by atoms with E-state index in [4.69, 9.17) is 5.73 Å². The van der Waals surface area contributed by atoms with Crippen LogP contribution in [0.4, 0.5) is 4.39 Å². The van der Waals surface area contributed by atoms with Crippen LogP contribution in [-0.4, -0.2) is 17.5 Å². The Kier molecular flexibility index (Phi) is 7.17. The van der Waals surface area contributed by atoms with E-state index in [1.807, 2.05) is 6.07 Å². The van der Waals surface area contributed by atoms with Crippen molar-refractivity contribution in [3.8, 4) is 0 Å². The summed E-state index contributed by atoms with van der Waals surface area (Å²) in [6.45, 7) is 11.0. The maximum atomic E-state index is 14.0. The molecule has 20 heavy (non-hydrogen) atoms. The fourth-order valence-electron chi connectivity index (χ4n) is 2.71. The van der Waals surface area contributed by atoms with Crippen molar-refractivity contribution < 1.29 is 4.39 Å². The second-order valence-electron chi connectivity index (χ2n) is 5.92. The standard InChI is InChI=1S/C17H29FN2/c1-5-16(6-2)20(11-13(3)4)12-15-9-14(10-19)7-8-17(15)18/h7-9,13,16H,5-6,10-12,19H2,1-4H3. The SMILES string of the molecule is CCC(CC)N(Cc1cc(CN)ccc1F)CC(C)C. The molecule has 0 atom stereocenters. The van der Waals surface area contributed by atoms with Gasteiger partial charge < -0.3 is 5.73 Å². The smallest absolute Gasteiger partial charge is 0.127 e. The van der Waals surface area contributed by atoms with Gasteiger partial charge in [0.05, 0.1) is 0 Å². The van der Waals surface area contributed by atoms with Crippen molar-refractivity contribution in [1.82, 2.24) is 4.90 Å². The summed E-state index contributed by atoms with van der Waals surface area (Å²) in [6.07, 6.45) is 2.20. The summed E-state index contributed by atoms with van der Waals surface area (Å²) < 4.78 is 14.0. The van der Waals surface area contributed by atoms with Gasteiger partial charge in [0.2, 0.25) is 0 Å². The van der Waals surface area contributed by atoms with Gasteiger partial charge in [0, 0.05) is 31.2 Å². The highest BCUT2D eigenvalue weighted by Gasteiger charge is 2.18. The minimum absolute atomic E-state index is 0.123. The first kappa shape index (κ1) is 17.1. The first-order chi connectivity index (χ1) is 9.51. The van der Waals surface area contributed by atoms with E-state index in [1.54, 1.807) is 6.07 Å². The van der Waals surface area contributed by atoms with Crippen LogP contribution in [0.25, 0.3) is 0 Å². The van der Waals surface area contributed by atoms with Gasteiger partial charge in [0.25, 0.3) is 0 Å². The monoisotopic (exact) mass is 280 g/mol. The first-order valence-electron chi connectivity index (χ1n) is 7.73. The summed E-state index contributed by atoms with van der Waals surface area (Å²) in [4.78, 5) is 2.41. The third-order valence-corrected chi connectivity index (χ3v) is 3.78. The normalized spacial score (nSPS) is 11.8. The van der Waals surface area contributed by atoms with E-state index in [2.05, 4.69) is 32.6 Å². The fourth-order valence-corrected chi connectivity index (χ4v) is 2.71. The Morgan fingerprint density at radius 3 is 2.35 bits per heavy atom. The fraction of sp³-hybridized carbons (Fsp3) is 0.647. The summed E-state index contributed by atoms with van der Waals surface area (Å²) in [7, 11) is 0. The Bertz CT molecular complexity index is 400. The highest BCUT2D eigenvalue weighted by atomic mass is 19.1. The molecule has 0 spiro atoms. The molecule has 2 nitrogen and oxygen atoms in total. The summed E-state index contributed by atoms with van der Waals surface area (Å²) in [5.41, 5.74) is 7.42. The van der Waals surface area contributed by atoms with Crippen LogP contribution in [0.15, 0.2) is 18.2 Å². The van der Waals surface area contributed by atoms with Crippen LogP contribution in [0.1, 0.15) is 51.7 Å². The Hall–Kier alpha value is -0.930. The number of nitrogens with two attached hydrogens (primary N) is 1. The van der Waals surface area contributed by atoms with Crippen LogP contribution in [0.2, 0.25) is 0 Å². The van der Waals surface area contributed by atoms with Crippen LogP contribution in [0, 0.1) is 11.7 Å². The van der Waals surface area contributed by atoms with E-state index in [0.29, 0.717) is 25.0 Å². The lowest BCUT2D eigenvalue weighted by Gasteiger charge is -2.32. The van der Waals surface area contributed by atoms with Crippen LogP contribution in [0.3, 0.4) is 0 Å². The Balaban J connectivity index is 2.93. The Morgan fingerprint density at radius 2 is 1.85 bits per heavy atom. The van der Waals surface area contributed by atoms with Crippen LogP contribution in [0.5, 0.6) is 0 Å². The molecule has 1 aromatic carbocycles. The summed E-state index contributed by atoms with van der Waals surface area (Å²) in [6, 6.07) is 5.73. The largest absolute Gasteiger partial charge is 0.326 e. The lowest BCUT2D eigenvalue weighted by atomic mass is 10.0. The van der Waals surface area contributed by atoms with Gasteiger partial charge in [-0.3, -0.25) is 4.90 Å². The maximum absolute atomic E-state index is 14.0. The number of nitrogens with zero attached hydrogens (tertiary/aromatic N) is 1.